The lowest BCUT2D eigenvalue weighted by Gasteiger charge is -2.37. The van der Waals surface area contributed by atoms with Gasteiger partial charge in [0.05, 0.1) is 0 Å². The minimum Gasteiger partial charge on any atom is -0.330 e. The first-order valence-electron chi connectivity index (χ1n) is 11.0. The Morgan fingerprint density at radius 1 is 0.968 bits per heavy atom. The maximum absolute atomic E-state index is 12.6. The molecule has 0 spiro atoms. The van der Waals surface area contributed by atoms with E-state index in [4.69, 9.17) is 0 Å². The highest BCUT2D eigenvalue weighted by molar-refractivity contribution is 6.35. The van der Waals surface area contributed by atoms with E-state index in [0.717, 1.165) is 48.1 Å². The predicted octanol–water partition coefficient (Wildman–Crippen LogP) is 3.67. The first-order valence-corrected chi connectivity index (χ1v) is 11.0. The van der Waals surface area contributed by atoms with E-state index in [9.17, 15) is 14.4 Å². The summed E-state index contributed by atoms with van der Waals surface area (Å²) in [7, 11) is 0. The normalized spacial score (nSPS) is 17.4. The molecule has 2 fully saturated rings. The number of piperazine rings is 1. The highest BCUT2D eigenvalue weighted by Crippen LogP contribution is 2.25. The Morgan fingerprint density at radius 2 is 1.68 bits per heavy atom. The molecule has 0 unspecified atom stereocenters. The molecular weight excluding hydrogens is 390 g/mol. The SMILES string of the molecule is Cc1ccc(C)c(NC(=O)c2ccc(CN3CCN(C4CCCC4)C(=O)C3=O)cc2)c1. The summed E-state index contributed by atoms with van der Waals surface area (Å²) in [4.78, 5) is 41.2. The molecule has 6 nitrogen and oxygen atoms in total. The van der Waals surface area contributed by atoms with Crippen LogP contribution in [0.4, 0.5) is 5.69 Å². The van der Waals surface area contributed by atoms with Crippen LogP contribution in [0, 0.1) is 13.8 Å². The number of carbonyl (C=O) groups is 3. The summed E-state index contributed by atoms with van der Waals surface area (Å²) in [6.45, 7) is 5.48. The first-order chi connectivity index (χ1) is 14.9. The van der Waals surface area contributed by atoms with E-state index in [1.54, 1.807) is 21.9 Å². The lowest BCUT2D eigenvalue weighted by Crippen LogP contribution is -2.56. The Kier molecular flexibility index (Phi) is 6.07. The number of hydrogen-bond acceptors (Lipinski definition) is 3. The minimum absolute atomic E-state index is 0.170. The fraction of sp³-hybridized carbons (Fsp3) is 0.400. The number of nitrogens with one attached hydrogen (secondary N) is 1. The summed E-state index contributed by atoms with van der Waals surface area (Å²) in [6.07, 6.45) is 4.28. The summed E-state index contributed by atoms with van der Waals surface area (Å²) in [5.74, 6) is -0.964. The molecule has 2 aromatic rings. The highest BCUT2D eigenvalue weighted by atomic mass is 16.2. The highest BCUT2D eigenvalue weighted by Gasteiger charge is 2.37. The number of hydrogen-bond donors (Lipinski definition) is 1. The lowest BCUT2D eigenvalue weighted by atomic mass is 10.1. The zero-order valence-electron chi connectivity index (χ0n) is 18.2. The largest absolute Gasteiger partial charge is 0.330 e. The number of carbonyl (C=O) groups excluding carboxylic acids is 3. The molecule has 0 atom stereocenters. The third kappa shape index (κ3) is 4.63. The van der Waals surface area contributed by atoms with Crippen molar-refractivity contribution in [1.29, 1.82) is 0 Å². The molecule has 0 radical (unpaired) electrons. The van der Waals surface area contributed by atoms with Crippen LogP contribution in [0.1, 0.15) is 52.7 Å². The Balaban J connectivity index is 1.37. The van der Waals surface area contributed by atoms with E-state index in [1.165, 1.54) is 0 Å². The van der Waals surface area contributed by atoms with Crippen LogP contribution in [-0.4, -0.2) is 46.7 Å². The summed E-state index contributed by atoms with van der Waals surface area (Å²) >= 11 is 0. The van der Waals surface area contributed by atoms with Crippen molar-refractivity contribution in [2.24, 2.45) is 0 Å². The topological polar surface area (TPSA) is 69.7 Å². The van der Waals surface area contributed by atoms with Crippen LogP contribution in [0.15, 0.2) is 42.5 Å². The molecule has 31 heavy (non-hydrogen) atoms. The second kappa shape index (κ2) is 8.92. The second-order valence-electron chi connectivity index (χ2n) is 8.63. The average Bonchev–Trinajstić information content (AvgIpc) is 3.29. The third-order valence-corrected chi connectivity index (χ3v) is 6.34. The minimum atomic E-state index is -0.421. The van der Waals surface area contributed by atoms with Gasteiger partial charge < -0.3 is 15.1 Å². The number of rotatable bonds is 5. The van der Waals surface area contributed by atoms with Crippen LogP contribution in [0.2, 0.25) is 0 Å². The van der Waals surface area contributed by atoms with Gasteiger partial charge in [0.15, 0.2) is 0 Å². The first kappa shape index (κ1) is 21.1. The average molecular weight is 420 g/mol. The standard InChI is InChI=1S/C25H29N3O3/c1-17-7-8-18(2)22(15-17)26-23(29)20-11-9-19(10-12-20)16-27-13-14-28(25(31)24(27)30)21-5-3-4-6-21/h7-12,15,21H,3-6,13-14,16H2,1-2H3,(H,26,29). The molecule has 1 saturated heterocycles. The molecule has 1 aliphatic carbocycles. The molecule has 1 heterocycles. The van der Waals surface area contributed by atoms with Crippen LogP contribution in [-0.2, 0) is 16.1 Å². The van der Waals surface area contributed by atoms with Crippen LogP contribution in [0.5, 0.6) is 0 Å². The van der Waals surface area contributed by atoms with Crippen molar-refractivity contribution in [1.82, 2.24) is 9.80 Å². The summed E-state index contributed by atoms with van der Waals surface area (Å²) in [6, 6.07) is 13.4. The van der Waals surface area contributed by atoms with Gasteiger partial charge in [0, 0.05) is 36.9 Å². The lowest BCUT2D eigenvalue weighted by molar-refractivity contribution is -0.158. The Morgan fingerprint density at radius 3 is 2.39 bits per heavy atom. The molecule has 3 amide bonds. The smallest absolute Gasteiger partial charge is 0.312 e. The molecule has 1 saturated carbocycles. The van der Waals surface area contributed by atoms with Crippen molar-refractivity contribution >= 4 is 23.4 Å². The second-order valence-corrected chi connectivity index (χ2v) is 8.63. The van der Waals surface area contributed by atoms with E-state index in [-0.39, 0.29) is 17.9 Å². The van der Waals surface area contributed by atoms with E-state index in [2.05, 4.69) is 5.32 Å². The molecule has 162 valence electrons. The van der Waals surface area contributed by atoms with Gasteiger partial charge in [-0.05, 0) is 61.6 Å². The Bertz CT molecular complexity index is 994. The number of aryl methyl sites for hydroxylation is 2. The summed E-state index contributed by atoms with van der Waals surface area (Å²) < 4.78 is 0. The molecule has 2 aromatic carbocycles. The molecular formula is C25H29N3O3. The van der Waals surface area contributed by atoms with Crippen molar-refractivity contribution in [3.63, 3.8) is 0 Å². The van der Waals surface area contributed by atoms with Gasteiger partial charge in [-0.2, -0.15) is 0 Å². The fourth-order valence-corrected chi connectivity index (χ4v) is 4.45. The van der Waals surface area contributed by atoms with Gasteiger partial charge in [-0.3, -0.25) is 14.4 Å². The monoisotopic (exact) mass is 419 g/mol. The zero-order chi connectivity index (χ0) is 22.0. The van der Waals surface area contributed by atoms with Gasteiger partial charge >= 0.3 is 11.8 Å². The van der Waals surface area contributed by atoms with Crippen LogP contribution in [0.25, 0.3) is 0 Å². The van der Waals surface area contributed by atoms with Crippen molar-refractivity contribution in [2.45, 2.75) is 52.1 Å². The number of benzene rings is 2. The molecule has 0 aromatic heterocycles. The van der Waals surface area contributed by atoms with Crippen molar-refractivity contribution in [3.8, 4) is 0 Å². The molecule has 0 bridgehead atoms. The molecule has 1 N–H and O–H groups in total. The van der Waals surface area contributed by atoms with Crippen molar-refractivity contribution in [2.75, 3.05) is 18.4 Å². The maximum Gasteiger partial charge on any atom is 0.312 e. The van der Waals surface area contributed by atoms with E-state index in [1.807, 2.05) is 44.2 Å². The summed E-state index contributed by atoms with van der Waals surface area (Å²) in [5.41, 5.74) is 4.36. The van der Waals surface area contributed by atoms with Gasteiger partial charge in [-0.1, -0.05) is 37.1 Å². The van der Waals surface area contributed by atoms with Crippen molar-refractivity contribution in [3.05, 3.63) is 64.7 Å². The number of amides is 3. The third-order valence-electron chi connectivity index (χ3n) is 6.34. The number of nitrogens with zero attached hydrogens (tertiary/aromatic N) is 2. The van der Waals surface area contributed by atoms with Crippen LogP contribution >= 0.6 is 0 Å². The molecule has 4 rings (SSSR count). The van der Waals surface area contributed by atoms with E-state index in [0.29, 0.717) is 25.2 Å². The Hall–Kier alpha value is -3.15. The van der Waals surface area contributed by atoms with Gasteiger partial charge in [-0.15, -0.1) is 0 Å². The number of anilines is 1. The van der Waals surface area contributed by atoms with E-state index >= 15 is 0 Å². The van der Waals surface area contributed by atoms with E-state index < -0.39 is 5.91 Å². The van der Waals surface area contributed by atoms with Gasteiger partial charge in [0.25, 0.3) is 5.91 Å². The molecule has 2 aliphatic rings. The van der Waals surface area contributed by atoms with Crippen LogP contribution < -0.4 is 5.32 Å². The maximum atomic E-state index is 12.6. The molecule has 6 heteroatoms. The van der Waals surface area contributed by atoms with Crippen molar-refractivity contribution < 1.29 is 14.4 Å². The quantitative estimate of drug-likeness (QED) is 0.752. The Labute approximate surface area is 183 Å². The predicted molar refractivity (Wildman–Crippen MR) is 120 cm³/mol. The molecule has 1 aliphatic heterocycles. The summed E-state index contributed by atoms with van der Waals surface area (Å²) in [5, 5.41) is 2.96. The van der Waals surface area contributed by atoms with Gasteiger partial charge in [0.1, 0.15) is 0 Å². The van der Waals surface area contributed by atoms with Crippen LogP contribution in [0.3, 0.4) is 0 Å². The van der Waals surface area contributed by atoms with Gasteiger partial charge in [-0.25, -0.2) is 0 Å². The fourth-order valence-electron chi connectivity index (χ4n) is 4.45. The zero-order valence-corrected chi connectivity index (χ0v) is 18.2. The van der Waals surface area contributed by atoms with Gasteiger partial charge in [0.2, 0.25) is 0 Å².